The zero-order valence-electron chi connectivity index (χ0n) is 9.29. The van der Waals surface area contributed by atoms with Crippen LogP contribution in [0.4, 0.5) is 11.8 Å². The van der Waals surface area contributed by atoms with Gasteiger partial charge < -0.3 is 15.9 Å². The van der Waals surface area contributed by atoms with Crippen molar-refractivity contribution in [3.05, 3.63) is 35.9 Å². The van der Waals surface area contributed by atoms with E-state index in [0.717, 1.165) is 0 Å². The number of hydrazine groups is 1. The van der Waals surface area contributed by atoms with Gasteiger partial charge in [0.1, 0.15) is 17.6 Å². The lowest BCUT2D eigenvalue weighted by atomic mass is 10.2. The van der Waals surface area contributed by atoms with E-state index in [4.69, 9.17) is 21.6 Å². The van der Waals surface area contributed by atoms with E-state index in [-0.39, 0.29) is 11.8 Å². The monoisotopic (exact) mass is 242 g/mol. The average Bonchev–Trinajstić information content (AvgIpc) is 2.38. The van der Waals surface area contributed by atoms with Crippen molar-refractivity contribution in [2.75, 3.05) is 11.2 Å². The Morgan fingerprint density at radius 3 is 2.78 bits per heavy atom. The molecule has 5 N–H and O–H groups in total. The third-order valence-electron chi connectivity index (χ3n) is 2.09. The molecule has 0 spiro atoms. The Labute approximate surface area is 103 Å². The van der Waals surface area contributed by atoms with Gasteiger partial charge in [-0.3, -0.25) is 0 Å². The first-order chi connectivity index (χ1) is 8.72. The van der Waals surface area contributed by atoms with E-state index in [0.29, 0.717) is 17.1 Å². The van der Waals surface area contributed by atoms with Crippen LogP contribution in [0, 0.1) is 11.3 Å². The highest BCUT2D eigenvalue weighted by atomic mass is 16.5. The Kier molecular flexibility index (Phi) is 3.22. The summed E-state index contributed by atoms with van der Waals surface area (Å²) in [5.41, 5.74) is 8.24. The van der Waals surface area contributed by atoms with Crippen LogP contribution in [0.1, 0.15) is 5.56 Å². The van der Waals surface area contributed by atoms with Crippen molar-refractivity contribution in [2.24, 2.45) is 5.84 Å². The van der Waals surface area contributed by atoms with Gasteiger partial charge in [0.2, 0.25) is 11.8 Å². The van der Waals surface area contributed by atoms with Gasteiger partial charge in [0.05, 0.1) is 5.56 Å². The van der Waals surface area contributed by atoms with E-state index in [1.165, 1.54) is 6.07 Å². The summed E-state index contributed by atoms with van der Waals surface area (Å²) in [5, 5.41) is 8.93. The number of benzene rings is 1. The molecule has 0 aliphatic rings. The molecule has 0 aliphatic carbocycles. The second kappa shape index (κ2) is 4.99. The van der Waals surface area contributed by atoms with Gasteiger partial charge in [-0.15, -0.1) is 0 Å². The number of rotatable bonds is 3. The molecule has 7 heteroatoms. The third kappa shape index (κ3) is 2.45. The smallest absolute Gasteiger partial charge is 0.226 e. The standard InChI is InChI=1S/C11H10N6O/c12-6-7-3-1-2-4-8(7)18-10-5-9(17-14)15-11(13)16-10/h1-5H,14H2,(H3,13,15,16,17). The molecular weight excluding hydrogens is 232 g/mol. The molecule has 0 amide bonds. The maximum atomic E-state index is 8.93. The molecule has 18 heavy (non-hydrogen) atoms. The Morgan fingerprint density at radius 2 is 2.06 bits per heavy atom. The lowest BCUT2D eigenvalue weighted by Crippen LogP contribution is -2.10. The summed E-state index contributed by atoms with van der Waals surface area (Å²) in [4.78, 5) is 7.71. The number of nitrogens with zero attached hydrogens (tertiary/aromatic N) is 3. The molecule has 0 saturated heterocycles. The zero-order valence-corrected chi connectivity index (χ0v) is 9.29. The van der Waals surface area contributed by atoms with Crippen LogP contribution in [0.2, 0.25) is 0 Å². The van der Waals surface area contributed by atoms with Crippen molar-refractivity contribution >= 4 is 11.8 Å². The van der Waals surface area contributed by atoms with Gasteiger partial charge in [0.25, 0.3) is 0 Å². The number of ether oxygens (including phenoxy) is 1. The Balaban J connectivity index is 2.34. The molecule has 0 unspecified atom stereocenters. The van der Waals surface area contributed by atoms with Gasteiger partial charge >= 0.3 is 0 Å². The third-order valence-corrected chi connectivity index (χ3v) is 2.09. The molecule has 0 bridgehead atoms. The first-order valence-corrected chi connectivity index (χ1v) is 5.01. The molecule has 0 fully saturated rings. The van der Waals surface area contributed by atoms with E-state index >= 15 is 0 Å². The van der Waals surface area contributed by atoms with Crippen LogP contribution in [0.25, 0.3) is 0 Å². The summed E-state index contributed by atoms with van der Waals surface area (Å²) < 4.78 is 5.47. The number of para-hydroxylation sites is 1. The van der Waals surface area contributed by atoms with Crippen LogP contribution >= 0.6 is 0 Å². The Hall–Kier alpha value is -2.85. The molecule has 0 saturated carbocycles. The molecule has 1 aromatic heterocycles. The molecule has 0 aliphatic heterocycles. The van der Waals surface area contributed by atoms with Gasteiger partial charge in [0, 0.05) is 6.07 Å². The molecule has 0 radical (unpaired) electrons. The Morgan fingerprint density at radius 1 is 1.28 bits per heavy atom. The van der Waals surface area contributed by atoms with Crippen molar-refractivity contribution in [1.82, 2.24) is 9.97 Å². The van der Waals surface area contributed by atoms with E-state index in [9.17, 15) is 0 Å². The second-order valence-corrected chi connectivity index (χ2v) is 3.30. The molecule has 2 rings (SSSR count). The molecular formula is C11H10N6O. The summed E-state index contributed by atoms with van der Waals surface area (Å²) in [6.07, 6.45) is 0. The van der Waals surface area contributed by atoms with Crippen molar-refractivity contribution in [3.8, 4) is 17.7 Å². The SMILES string of the molecule is N#Cc1ccccc1Oc1cc(NN)nc(N)n1. The molecule has 2 aromatic rings. The number of nitrogens with one attached hydrogen (secondary N) is 1. The number of aromatic nitrogens is 2. The first kappa shape index (κ1) is 11.6. The molecule has 7 nitrogen and oxygen atoms in total. The van der Waals surface area contributed by atoms with Crippen LogP contribution in [0.5, 0.6) is 11.6 Å². The second-order valence-electron chi connectivity index (χ2n) is 3.30. The zero-order chi connectivity index (χ0) is 13.0. The minimum Gasteiger partial charge on any atom is -0.437 e. The normalized spacial score (nSPS) is 9.56. The predicted molar refractivity (Wildman–Crippen MR) is 65.5 cm³/mol. The average molecular weight is 242 g/mol. The fourth-order valence-corrected chi connectivity index (χ4v) is 1.33. The minimum atomic E-state index is 0.0230. The van der Waals surface area contributed by atoms with E-state index < -0.39 is 0 Å². The molecule has 1 heterocycles. The van der Waals surface area contributed by atoms with Crippen molar-refractivity contribution < 1.29 is 4.74 Å². The van der Waals surface area contributed by atoms with Crippen LogP contribution in [0.15, 0.2) is 30.3 Å². The number of nitriles is 1. The van der Waals surface area contributed by atoms with Gasteiger partial charge in [0.15, 0.2) is 0 Å². The van der Waals surface area contributed by atoms with E-state index in [1.807, 2.05) is 6.07 Å². The van der Waals surface area contributed by atoms with Crippen molar-refractivity contribution in [2.45, 2.75) is 0 Å². The summed E-state index contributed by atoms with van der Waals surface area (Å²) in [6, 6.07) is 10.3. The number of hydrogen-bond acceptors (Lipinski definition) is 7. The lowest BCUT2D eigenvalue weighted by molar-refractivity contribution is 0.461. The van der Waals surface area contributed by atoms with Gasteiger partial charge in [-0.25, -0.2) is 5.84 Å². The van der Waals surface area contributed by atoms with Crippen LogP contribution in [-0.2, 0) is 0 Å². The van der Waals surface area contributed by atoms with Gasteiger partial charge in [-0.05, 0) is 12.1 Å². The van der Waals surface area contributed by atoms with Crippen LogP contribution in [-0.4, -0.2) is 9.97 Å². The van der Waals surface area contributed by atoms with Crippen LogP contribution < -0.4 is 21.7 Å². The first-order valence-electron chi connectivity index (χ1n) is 5.01. The summed E-state index contributed by atoms with van der Waals surface area (Å²) in [7, 11) is 0. The number of anilines is 2. The fourth-order valence-electron chi connectivity index (χ4n) is 1.33. The van der Waals surface area contributed by atoms with Gasteiger partial charge in [-0.2, -0.15) is 15.2 Å². The van der Waals surface area contributed by atoms with E-state index in [1.54, 1.807) is 24.3 Å². The molecule has 1 aromatic carbocycles. The summed E-state index contributed by atoms with van der Waals surface area (Å²) in [6.45, 7) is 0. The fraction of sp³-hybridized carbons (Fsp3) is 0. The quantitative estimate of drug-likeness (QED) is 0.542. The van der Waals surface area contributed by atoms with Crippen molar-refractivity contribution in [1.29, 1.82) is 5.26 Å². The minimum absolute atomic E-state index is 0.0230. The highest BCUT2D eigenvalue weighted by molar-refractivity contribution is 5.47. The predicted octanol–water partition coefficient (Wildman–Crippen LogP) is 1.01. The summed E-state index contributed by atoms with van der Waals surface area (Å²) >= 11 is 0. The van der Waals surface area contributed by atoms with E-state index in [2.05, 4.69) is 15.4 Å². The molecule has 90 valence electrons. The maximum absolute atomic E-state index is 8.93. The highest BCUT2D eigenvalue weighted by Crippen LogP contribution is 2.24. The highest BCUT2D eigenvalue weighted by Gasteiger charge is 2.07. The Bertz CT molecular complexity index is 607. The maximum Gasteiger partial charge on any atom is 0.226 e. The van der Waals surface area contributed by atoms with Crippen molar-refractivity contribution in [3.63, 3.8) is 0 Å². The van der Waals surface area contributed by atoms with Crippen LogP contribution in [0.3, 0.4) is 0 Å². The number of hydrogen-bond donors (Lipinski definition) is 3. The lowest BCUT2D eigenvalue weighted by Gasteiger charge is -2.07. The molecule has 0 atom stereocenters. The topological polar surface area (TPSA) is 123 Å². The largest absolute Gasteiger partial charge is 0.437 e. The number of nitrogens with two attached hydrogens (primary N) is 2. The van der Waals surface area contributed by atoms with Gasteiger partial charge in [-0.1, -0.05) is 12.1 Å². The summed E-state index contributed by atoms with van der Waals surface area (Å²) in [5.74, 6) is 6.18. The number of nitrogen functional groups attached to an aromatic ring is 2.